The molecule has 0 rings (SSSR count). The molecule has 6 heteroatoms. The zero-order valence-electron chi connectivity index (χ0n) is 28.7. The predicted octanol–water partition coefficient (Wildman–Crippen LogP) is 10.2. The van der Waals surface area contributed by atoms with Crippen molar-refractivity contribution in [3.05, 3.63) is 0 Å². The number of nitrogens with two attached hydrogens (primary N) is 3. The van der Waals surface area contributed by atoms with Crippen molar-refractivity contribution in [1.29, 1.82) is 0 Å². The fourth-order valence-electron chi connectivity index (χ4n) is 4.83. The molecule has 0 atom stereocenters. The summed E-state index contributed by atoms with van der Waals surface area (Å²) < 4.78 is 0. The Morgan fingerprint density at radius 2 is 0.429 bits per heavy atom. The molecule has 0 saturated carbocycles. The Morgan fingerprint density at radius 3 is 0.571 bits per heavy atom. The molecule has 0 unspecified atom stereocenters. The first-order valence-corrected chi connectivity index (χ1v) is 18.2. The summed E-state index contributed by atoms with van der Waals surface area (Å²) in [6.07, 6.45) is 36.3. The monoisotopic (exact) mass is 598 g/mol. The molecule has 0 bridgehead atoms. The maximum Gasteiger partial charge on any atom is 0.217 e. The minimum atomic E-state index is -0.159. The van der Waals surface area contributed by atoms with Crippen LogP contribution >= 0.6 is 0 Å². The molecule has 0 spiro atoms. The zero-order chi connectivity index (χ0) is 31.9. The van der Waals surface area contributed by atoms with Crippen LogP contribution < -0.4 is 17.2 Å². The number of hydrogen-bond donors (Lipinski definition) is 3. The second-order valence-electron chi connectivity index (χ2n) is 12.1. The highest BCUT2D eigenvalue weighted by atomic mass is 16.1. The lowest BCUT2D eigenvalue weighted by molar-refractivity contribution is -0.119. The third-order valence-corrected chi connectivity index (χ3v) is 7.58. The quantitative estimate of drug-likeness (QED) is 0.0712. The maximum atomic E-state index is 10.4. The summed E-state index contributed by atoms with van der Waals surface area (Å²) in [5.74, 6) is -0.478. The normalized spacial score (nSPS) is 10.4. The Hall–Kier alpha value is -1.59. The van der Waals surface area contributed by atoms with Gasteiger partial charge in [-0.25, -0.2) is 0 Å². The van der Waals surface area contributed by atoms with E-state index in [0.29, 0.717) is 19.3 Å². The molecule has 0 aromatic carbocycles. The SMILES string of the molecule is CCCCCCCCCCCC(N)=O.CCCCCCCCCCCC(N)=O.CCCCCCCCCCCC(N)=O. The standard InChI is InChI=1S/3C12H25NO/c3*1-2-3-4-5-6-7-8-9-10-11-12(13)14/h3*2-11H2,1H3,(H2,13,14). The van der Waals surface area contributed by atoms with Gasteiger partial charge in [-0.15, -0.1) is 0 Å². The Balaban J connectivity index is -0.000000543. The van der Waals surface area contributed by atoms with Crippen molar-refractivity contribution in [2.45, 2.75) is 213 Å². The first-order chi connectivity index (χ1) is 20.3. The van der Waals surface area contributed by atoms with Crippen LogP contribution in [0.1, 0.15) is 213 Å². The summed E-state index contributed by atoms with van der Waals surface area (Å²) in [5, 5.41) is 0. The summed E-state index contributed by atoms with van der Waals surface area (Å²) in [6, 6.07) is 0. The van der Waals surface area contributed by atoms with Gasteiger partial charge in [-0.3, -0.25) is 14.4 Å². The zero-order valence-corrected chi connectivity index (χ0v) is 28.7. The highest BCUT2D eigenvalue weighted by molar-refractivity contribution is 5.74. The molecule has 0 radical (unpaired) electrons. The van der Waals surface area contributed by atoms with Crippen LogP contribution in [0.15, 0.2) is 0 Å². The minimum Gasteiger partial charge on any atom is -0.370 e. The average Bonchev–Trinajstić information content (AvgIpc) is 2.95. The van der Waals surface area contributed by atoms with Crippen LogP contribution in [0, 0.1) is 0 Å². The number of hydrogen-bond acceptors (Lipinski definition) is 3. The van der Waals surface area contributed by atoms with E-state index in [1.807, 2.05) is 0 Å². The fraction of sp³-hybridized carbons (Fsp3) is 0.917. The molecule has 0 aromatic rings. The van der Waals surface area contributed by atoms with Gasteiger partial charge < -0.3 is 17.2 Å². The van der Waals surface area contributed by atoms with Gasteiger partial charge in [0.2, 0.25) is 17.7 Å². The molecule has 0 saturated heterocycles. The number of carbonyl (C=O) groups is 3. The van der Waals surface area contributed by atoms with E-state index in [1.54, 1.807) is 0 Å². The van der Waals surface area contributed by atoms with Gasteiger partial charge in [-0.05, 0) is 19.3 Å². The second kappa shape index (κ2) is 41.5. The molecular weight excluding hydrogens is 522 g/mol. The molecule has 0 aromatic heterocycles. The van der Waals surface area contributed by atoms with E-state index in [-0.39, 0.29) is 17.7 Å². The van der Waals surface area contributed by atoms with E-state index in [1.165, 1.54) is 135 Å². The molecule has 0 aliphatic rings. The van der Waals surface area contributed by atoms with E-state index in [2.05, 4.69) is 20.8 Å². The Morgan fingerprint density at radius 1 is 0.286 bits per heavy atom. The van der Waals surface area contributed by atoms with Gasteiger partial charge >= 0.3 is 0 Å². The fourth-order valence-corrected chi connectivity index (χ4v) is 4.83. The van der Waals surface area contributed by atoms with Crippen molar-refractivity contribution in [3.63, 3.8) is 0 Å². The number of primary amides is 3. The molecule has 6 N–H and O–H groups in total. The lowest BCUT2D eigenvalue weighted by atomic mass is 10.1. The summed E-state index contributed by atoms with van der Waals surface area (Å²) in [5.41, 5.74) is 15.1. The summed E-state index contributed by atoms with van der Waals surface area (Å²) in [4.78, 5) is 31.3. The summed E-state index contributed by atoms with van der Waals surface area (Å²) >= 11 is 0. The van der Waals surface area contributed by atoms with Crippen LogP contribution in [0.25, 0.3) is 0 Å². The molecule has 42 heavy (non-hydrogen) atoms. The maximum absolute atomic E-state index is 10.4. The number of carbonyl (C=O) groups excluding carboxylic acids is 3. The largest absolute Gasteiger partial charge is 0.370 e. The Kier molecular flexibility index (Phi) is 44.4. The van der Waals surface area contributed by atoms with Crippen LogP contribution in [0.3, 0.4) is 0 Å². The van der Waals surface area contributed by atoms with Gasteiger partial charge in [0.15, 0.2) is 0 Å². The van der Waals surface area contributed by atoms with Gasteiger partial charge in [0.05, 0.1) is 0 Å². The third kappa shape index (κ3) is 54.5. The van der Waals surface area contributed by atoms with Crippen LogP contribution in [-0.4, -0.2) is 17.7 Å². The van der Waals surface area contributed by atoms with E-state index in [0.717, 1.165) is 38.5 Å². The average molecular weight is 598 g/mol. The van der Waals surface area contributed by atoms with E-state index in [4.69, 9.17) is 17.2 Å². The van der Waals surface area contributed by atoms with Gasteiger partial charge in [0.1, 0.15) is 0 Å². The van der Waals surface area contributed by atoms with Crippen molar-refractivity contribution in [3.8, 4) is 0 Å². The van der Waals surface area contributed by atoms with Crippen molar-refractivity contribution >= 4 is 17.7 Å². The first kappa shape index (κ1) is 44.8. The number of rotatable bonds is 30. The molecule has 6 nitrogen and oxygen atoms in total. The summed E-state index contributed by atoms with van der Waals surface area (Å²) in [6.45, 7) is 6.72. The lowest BCUT2D eigenvalue weighted by Gasteiger charge is -2.00. The van der Waals surface area contributed by atoms with E-state index in [9.17, 15) is 14.4 Å². The molecular formula is C36H75N3O3. The van der Waals surface area contributed by atoms with Gasteiger partial charge in [0, 0.05) is 19.3 Å². The van der Waals surface area contributed by atoms with Gasteiger partial charge in [-0.1, -0.05) is 175 Å². The van der Waals surface area contributed by atoms with Crippen LogP contribution in [0.5, 0.6) is 0 Å². The third-order valence-electron chi connectivity index (χ3n) is 7.58. The molecule has 0 fully saturated rings. The minimum absolute atomic E-state index is 0.159. The Bertz CT molecular complexity index is 479. The van der Waals surface area contributed by atoms with Crippen LogP contribution in [0.2, 0.25) is 0 Å². The summed E-state index contributed by atoms with van der Waals surface area (Å²) in [7, 11) is 0. The Labute approximate surface area is 262 Å². The number of unbranched alkanes of at least 4 members (excludes halogenated alkanes) is 24. The van der Waals surface area contributed by atoms with Crippen LogP contribution in [0.4, 0.5) is 0 Å². The topological polar surface area (TPSA) is 129 Å². The van der Waals surface area contributed by atoms with E-state index >= 15 is 0 Å². The highest BCUT2D eigenvalue weighted by Gasteiger charge is 1.97. The number of amides is 3. The smallest absolute Gasteiger partial charge is 0.217 e. The van der Waals surface area contributed by atoms with Crippen molar-refractivity contribution < 1.29 is 14.4 Å². The second-order valence-corrected chi connectivity index (χ2v) is 12.1. The van der Waals surface area contributed by atoms with Crippen molar-refractivity contribution in [2.24, 2.45) is 17.2 Å². The van der Waals surface area contributed by atoms with Gasteiger partial charge in [-0.2, -0.15) is 0 Å². The molecule has 252 valence electrons. The van der Waals surface area contributed by atoms with Gasteiger partial charge in [0.25, 0.3) is 0 Å². The predicted molar refractivity (Wildman–Crippen MR) is 183 cm³/mol. The molecule has 0 aliphatic carbocycles. The van der Waals surface area contributed by atoms with E-state index < -0.39 is 0 Å². The molecule has 0 heterocycles. The molecule has 3 amide bonds. The first-order valence-electron chi connectivity index (χ1n) is 18.2. The van der Waals surface area contributed by atoms with Crippen molar-refractivity contribution in [2.75, 3.05) is 0 Å². The highest BCUT2D eigenvalue weighted by Crippen LogP contribution is 2.12. The molecule has 0 aliphatic heterocycles. The van der Waals surface area contributed by atoms with Crippen LogP contribution in [-0.2, 0) is 14.4 Å². The lowest BCUT2D eigenvalue weighted by Crippen LogP contribution is -2.09. The van der Waals surface area contributed by atoms with Crippen molar-refractivity contribution in [1.82, 2.24) is 0 Å².